The third kappa shape index (κ3) is 2.62. The Morgan fingerprint density at radius 2 is 2.00 bits per heavy atom. The zero-order chi connectivity index (χ0) is 11.6. The van der Waals surface area contributed by atoms with E-state index in [1.165, 1.54) is 0 Å². The van der Waals surface area contributed by atoms with Gasteiger partial charge in [-0.1, -0.05) is 0 Å². The lowest BCUT2D eigenvalue weighted by molar-refractivity contribution is -0.138. The van der Waals surface area contributed by atoms with Gasteiger partial charge in [-0.25, -0.2) is 0 Å². The van der Waals surface area contributed by atoms with Crippen LogP contribution in [0.5, 0.6) is 5.75 Å². The van der Waals surface area contributed by atoms with Crippen LogP contribution in [0.15, 0.2) is 18.2 Å². The third-order valence-electron chi connectivity index (χ3n) is 1.75. The molecular weight excluding hydrogens is 233 g/mol. The summed E-state index contributed by atoms with van der Waals surface area (Å²) < 4.78 is 36.9. The van der Waals surface area contributed by atoms with E-state index in [0.717, 1.165) is 12.1 Å². The first-order chi connectivity index (χ1) is 6.86. The standard InChI is InChI=1S/C9H6ClF3O2/c10-4-8(15)5-1-2-7(14)6(3-5)9(11,12)13/h1-3,14H,4H2. The SMILES string of the molecule is O=C(CCl)c1ccc(O)c(C(F)(F)F)c1. The Labute approximate surface area is 88.3 Å². The summed E-state index contributed by atoms with van der Waals surface area (Å²) in [5, 5.41) is 8.96. The highest BCUT2D eigenvalue weighted by Gasteiger charge is 2.34. The number of aromatic hydroxyl groups is 1. The highest BCUT2D eigenvalue weighted by atomic mass is 35.5. The van der Waals surface area contributed by atoms with Gasteiger partial charge in [0.25, 0.3) is 0 Å². The van der Waals surface area contributed by atoms with Gasteiger partial charge in [0.15, 0.2) is 5.78 Å². The van der Waals surface area contributed by atoms with Crippen molar-refractivity contribution in [3.05, 3.63) is 29.3 Å². The van der Waals surface area contributed by atoms with Crippen LogP contribution in [0.3, 0.4) is 0 Å². The highest BCUT2D eigenvalue weighted by molar-refractivity contribution is 6.30. The van der Waals surface area contributed by atoms with Crippen LogP contribution in [0.4, 0.5) is 13.2 Å². The number of benzene rings is 1. The number of hydrogen-bond donors (Lipinski definition) is 1. The van der Waals surface area contributed by atoms with Crippen LogP contribution in [0, 0.1) is 0 Å². The molecule has 0 saturated carbocycles. The first-order valence-corrected chi connectivity index (χ1v) is 4.39. The molecule has 0 unspecified atom stereocenters. The van der Waals surface area contributed by atoms with E-state index in [1.807, 2.05) is 0 Å². The van der Waals surface area contributed by atoms with Crippen LogP contribution in [0.1, 0.15) is 15.9 Å². The maximum Gasteiger partial charge on any atom is 0.419 e. The number of carbonyl (C=O) groups is 1. The first kappa shape index (κ1) is 11.8. The molecule has 2 nitrogen and oxygen atoms in total. The fourth-order valence-electron chi connectivity index (χ4n) is 1.01. The van der Waals surface area contributed by atoms with Gasteiger partial charge in [0.2, 0.25) is 0 Å². The van der Waals surface area contributed by atoms with Gasteiger partial charge in [0.1, 0.15) is 5.75 Å². The van der Waals surface area contributed by atoms with E-state index in [2.05, 4.69) is 0 Å². The van der Waals surface area contributed by atoms with Gasteiger partial charge < -0.3 is 5.11 Å². The van der Waals surface area contributed by atoms with E-state index in [1.54, 1.807) is 0 Å². The third-order valence-corrected chi connectivity index (χ3v) is 1.99. The number of hydrogen-bond acceptors (Lipinski definition) is 2. The molecule has 0 bridgehead atoms. The molecule has 0 aliphatic heterocycles. The molecule has 1 aromatic rings. The maximum absolute atomic E-state index is 12.3. The van der Waals surface area contributed by atoms with Crippen molar-refractivity contribution in [1.29, 1.82) is 0 Å². The van der Waals surface area contributed by atoms with Crippen molar-refractivity contribution in [2.24, 2.45) is 0 Å². The molecule has 0 spiro atoms. The Balaban J connectivity index is 3.23. The second-order valence-corrected chi connectivity index (χ2v) is 3.05. The first-order valence-electron chi connectivity index (χ1n) is 3.85. The molecule has 82 valence electrons. The average molecular weight is 239 g/mol. The molecule has 0 heterocycles. The maximum atomic E-state index is 12.3. The van der Waals surface area contributed by atoms with E-state index >= 15 is 0 Å². The fourth-order valence-corrected chi connectivity index (χ4v) is 1.17. The largest absolute Gasteiger partial charge is 0.507 e. The van der Waals surface area contributed by atoms with Crippen LogP contribution in [0.25, 0.3) is 0 Å². The van der Waals surface area contributed by atoms with Gasteiger partial charge in [-0.15, -0.1) is 11.6 Å². The summed E-state index contributed by atoms with van der Waals surface area (Å²) >= 11 is 5.20. The van der Waals surface area contributed by atoms with Gasteiger partial charge in [-0.05, 0) is 18.2 Å². The van der Waals surface area contributed by atoms with Gasteiger partial charge >= 0.3 is 6.18 Å². The molecule has 1 N–H and O–H groups in total. The van der Waals surface area contributed by atoms with E-state index in [4.69, 9.17) is 16.7 Å². The Bertz CT molecular complexity index is 387. The summed E-state index contributed by atoms with van der Waals surface area (Å²) in [5.41, 5.74) is -1.41. The lowest BCUT2D eigenvalue weighted by atomic mass is 10.1. The molecule has 1 aromatic carbocycles. The van der Waals surface area contributed by atoms with Gasteiger partial charge in [-0.3, -0.25) is 4.79 Å². The van der Waals surface area contributed by atoms with Crippen LogP contribution in [0.2, 0.25) is 0 Å². The number of halogens is 4. The summed E-state index contributed by atoms with van der Waals surface area (Å²) in [7, 11) is 0. The summed E-state index contributed by atoms with van der Waals surface area (Å²) in [6.07, 6.45) is -4.69. The minimum atomic E-state index is -4.69. The zero-order valence-corrected chi connectivity index (χ0v) is 8.06. The molecule has 1 rings (SSSR count). The van der Waals surface area contributed by atoms with Gasteiger partial charge in [-0.2, -0.15) is 13.2 Å². The normalized spacial score (nSPS) is 11.5. The zero-order valence-electron chi connectivity index (χ0n) is 7.31. The molecule has 15 heavy (non-hydrogen) atoms. The van der Waals surface area contributed by atoms with Crippen molar-refractivity contribution in [3.63, 3.8) is 0 Å². The molecule has 0 atom stereocenters. The predicted octanol–water partition coefficient (Wildman–Crippen LogP) is 2.83. The van der Waals surface area contributed by atoms with Crippen LogP contribution < -0.4 is 0 Å². The van der Waals surface area contributed by atoms with Crippen molar-refractivity contribution < 1.29 is 23.1 Å². The summed E-state index contributed by atoms with van der Waals surface area (Å²) in [6.45, 7) is 0. The minimum Gasteiger partial charge on any atom is -0.507 e. The van der Waals surface area contributed by atoms with E-state index in [0.29, 0.717) is 6.07 Å². The average Bonchev–Trinajstić information content (AvgIpc) is 2.15. The number of alkyl halides is 4. The van der Waals surface area contributed by atoms with E-state index in [9.17, 15) is 18.0 Å². The number of Topliss-reactive ketones (excluding diaryl/α,β-unsaturated/α-hetero) is 1. The molecule has 0 saturated heterocycles. The second-order valence-electron chi connectivity index (χ2n) is 2.79. The van der Waals surface area contributed by atoms with Gasteiger partial charge in [0.05, 0.1) is 11.4 Å². The Kier molecular flexibility index (Phi) is 3.24. The highest BCUT2D eigenvalue weighted by Crippen LogP contribution is 2.36. The van der Waals surface area contributed by atoms with Crippen molar-refractivity contribution in [2.45, 2.75) is 6.18 Å². The number of rotatable bonds is 2. The van der Waals surface area contributed by atoms with E-state index < -0.39 is 29.2 Å². The number of phenolic OH excluding ortho intramolecular Hbond substituents is 1. The lowest BCUT2D eigenvalue weighted by Gasteiger charge is -2.09. The molecule has 0 fully saturated rings. The lowest BCUT2D eigenvalue weighted by Crippen LogP contribution is -2.08. The molecular formula is C9H6ClF3O2. The monoisotopic (exact) mass is 238 g/mol. The predicted molar refractivity (Wildman–Crippen MR) is 48.2 cm³/mol. The van der Waals surface area contributed by atoms with E-state index in [-0.39, 0.29) is 5.56 Å². The van der Waals surface area contributed by atoms with Crippen LogP contribution in [-0.4, -0.2) is 16.8 Å². The van der Waals surface area contributed by atoms with Crippen molar-refractivity contribution in [3.8, 4) is 5.75 Å². The second kappa shape index (κ2) is 4.10. The summed E-state index contributed by atoms with van der Waals surface area (Å²) in [4.78, 5) is 11.0. The van der Waals surface area contributed by atoms with Crippen molar-refractivity contribution in [1.82, 2.24) is 0 Å². The molecule has 0 radical (unpaired) electrons. The number of ketones is 1. The molecule has 0 aliphatic rings. The summed E-state index contributed by atoms with van der Waals surface area (Å²) in [6, 6.07) is 2.50. The minimum absolute atomic E-state index is 0.171. The van der Waals surface area contributed by atoms with Crippen LogP contribution in [-0.2, 0) is 6.18 Å². The van der Waals surface area contributed by atoms with Crippen LogP contribution >= 0.6 is 11.6 Å². The molecule has 6 heteroatoms. The van der Waals surface area contributed by atoms with Crippen molar-refractivity contribution in [2.75, 3.05) is 5.88 Å². The Morgan fingerprint density at radius 1 is 1.40 bits per heavy atom. The number of carbonyl (C=O) groups excluding carboxylic acids is 1. The quantitative estimate of drug-likeness (QED) is 0.635. The van der Waals surface area contributed by atoms with Crippen molar-refractivity contribution >= 4 is 17.4 Å². The number of phenols is 1. The fraction of sp³-hybridized carbons (Fsp3) is 0.222. The summed E-state index contributed by atoms with van der Waals surface area (Å²) in [5.74, 6) is -1.93. The van der Waals surface area contributed by atoms with Gasteiger partial charge in [0, 0.05) is 5.56 Å². The molecule has 0 aromatic heterocycles. The topological polar surface area (TPSA) is 37.3 Å². The molecule has 0 amide bonds. The smallest absolute Gasteiger partial charge is 0.419 e. The Morgan fingerprint density at radius 3 is 2.47 bits per heavy atom. The Hall–Kier alpha value is -1.23. The molecule has 0 aliphatic carbocycles.